The fourth-order valence-electron chi connectivity index (χ4n) is 3.27. The van der Waals surface area contributed by atoms with Gasteiger partial charge in [0.05, 0.1) is 17.7 Å². The van der Waals surface area contributed by atoms with Crippen LogP contribution in [0, 0.1) is 12.8 Å². The minimum atomic E-state index is 0.619. The number of ether oxygens (including phenoxy) is 1. The van der Waals surface area contributed by atoms with E-state index < -0.39 is 0 Å². The van der Waals surface area contributed by atoms with E-state index in [0.717, 1.165) is 49.7 Å². The molecule has 0 unspecified atom stereocenters. The summed E-state index contributed by atoms with van der Waals surface area (Å²) >= 11 is 3.66. The van der Waals surface area contributed by atoms with Crippen molar-refractivity contribution in [3.8, 4) is 0 Å². The molecular weight excluding hydrogens is 318 g/mol. The zero-order valence-corrected chi connectivity index (χ0v) is 13.8. The van der Waals surface area contributed by atoms with Gasteiger partial charge in [0.1, 0.15) is 5.82 Å². The van der Waals surface area contributed by atoms with Gasteiger partial charge in [0.15, 0.2) is 0 Å². The molecule has 2 fully saturated rings. The molecule has 0 radical (unpaired) electrons. The third-order valence-corrected chi connectivity index (χ3v) is 4.93. The van der Waals surface area contributed by atoms with Crippen LogP contribution in [-0.2, 0) is 4.74 Å². The van der Waals surface area contributed by atoms with Crippen molar-refractivity contribution >= 4 is 21.7 Å². The van der Waals surface area contributed by atoms with Crippen LogP contribution in [0.1, 0.15) is 12.5 Å². The van der Waals surface area contributed by atoms with E-state index in [0.29, 0.717) is 12.0 Å². The lowest BCUT2D eigenvalue weighted by Gasteiger charge is -2.34. The lowest BCUT2D eigenvalue weighted by Crippen LogP contribution is -2.46. The van der Waals surface area contributed by atoms with Crippen LogP contribution in [0.3, 0.4) is 0 Å². The van der Waals surface area contributed by atoms with Crippen molar-refractivity contribution in [1.82, 2.24) is 9.88 Å². The highest BCUT2D eigenvalue weighted by molar-refractivity contribution is 9.10. The van der Waals surface area contributed by atoms with Crippen LogP contribution in [0.4, 0.5) is 5.82 Å². The highest BCUT2D eigenvalue weighted by Crippen LogP contribution is 2.31. The van der Waals surface area contributed by atoms with Crippen LogP contribution >= 0.6 is 15.9 Å². The zero-order valence-electron chi connectivity index (χ0n) is 12.2. The molecule has 2 aliphatic heterocycles. The lowest BCUT2D eigenvalue weighted by atomic mass is 10.0. The van der Waals surface area contributed by atoms with Crippen LogP contribution in [0.15, 0.2) is 16.7 Å². The number of halogens is 1. The Labute approximate surface area is 129 Å². The van der Waals surface area contributed by atoms with Gasteiger partial charge in [0.25, 0.3) is 0 Å². The summed E-state index contributed by atoms with van der Waals surface area (Å²) in [6.07, 6.45) is 1.95. The number of pyridine rings is 1. The minimum absolute atomic E-state index is 0.619. The summed E-state index contributed by atoms with van der Waals surface area (Å²) < 4.78 is 6.57. The van der Waals surface area contributed by atoms with Gasteiger partial charge >= 0.3 is 0 Å². The molecule has 110 valence electrons. The van der Waals surface area contributed by atoms with Gasteiger partial charge in [0, 0.05) is 38.4 Å². The van der Waals surface area contributed by atoms with Gasteiger partial charge in [-0.05, 0) is 40.4 Å². The van der Waals surface area contributed by atoms with E-state index in [4.69, 9.17) is 4.74 Å². The van der Waals surface area contributed by atoms with E-state index in [1.54, 1.807) is 0 Å². The molecule has 1 aromatic rings. The first-order valence-electron chi connectivity index (χ1n) is 7.34. The first-order chi connectivity index (χ1) is 9.65. The van der Waals surface area contributed by atoms with Crippen molar-refractivity contribution < 1.29 is 4.74 Å². The first-order valence-corrected chi connectivity index (χ1v) is 8.13. The topological polar surface area (TPSA) is 28.6 Å². The summed E-state index contributed by atoms with van der Waals surface area (Å²) in [5.41, 5.74) is 1.19. The van der Waals surface area contributed by atoms with E-state index in [1.165, 1.54) is 5.56 Å². The van der Waals surface area contributed by atoms with Gasteiger partial charge in [-0.2, -0.15) is 0 Å². The standard InChI is InChI=1S/C15H22BrN3O/c1-11-7-13(16)15(17-8-11)19-9-12(2)14(10-19)18-3-5-20-6-4-18/h7-8,12,14H,3-6,9-10H2,1-2H3/t12-,14+/m0/s1. The van der Waals surface area contributed by atoms with Crippen molar-refractivity contribution in [2.24, 2.45) is 5.92 Å². The highest BCUT2D eigenvalue weighted by Gasteiger charge is 2.35. The number of rotatable bonds is 2. The van der Waals surface area contributed by atoms with E-state index in [-0.39, 0.29) is 0 Å². The second-order valence-electron chi connectivity index (χ2n) is 5.92. The molecule has 2 aliphatic rings. The molecule has 0 aliphatic carbocycles. The van der Waals surface area contributed by atoms with Crippen LogP contribution in [0.2, 0.25) is 0 Å². The Balaban J connectivity index is 1.73. The molecule has 2 saturated heterocycles. The quantitative estimate of drug-likeness (QED) is 0.826. The van der Waals surface area contributed by atoms with Crippen molar-refractivity contribution in [2.45, 2.75) is 19.9 Å². The van der Waals surface area contributed by atoms with E-state index in [9.17, 15) is 0 Å². The largest absolute Gasteiger partial charge is 0.379 e. The van der Waals surface area contributed by atoms with Gasteiger partial charge in [-0.25, -0.2) is 4.98 Å². The number of nitrogens with zero attached hydrogens (tertiary/aromatic N) is 3. The second kappa shape index (κ2) is 6.00. The molecule has 20 heavy (non-hydrogen) atoms. The molecule has 4 nitrogen and oxygen atoms in total. The fourth-order valence-corrected chi connectivity index (χ4v) is 3.98. The Bertz CT molecular complexity index is 476. The Morgan fingerprint density at radius 3 is 2.75 bits per heavy atom. The van der Waals surface area contributed by atoms with E-state index >= 15 is 0 Å². The van der Waals surface area contributed by atoms with Crippen molar-refractivity contribution in [2.75, 3.05) is 44.3 Å². The maximum absolute atomic E-state index is 5.46. The van der Waals surface area contributed by atoms with Crippen LogP contribution in [0.25, 0.3) is 0 Å². The first kappa shape index (κ1) is 14.3. The third kappa shape index (κ3) is 2.85. The molecule has 0 spiro atoms. The zero-order chi connectivity index (χ0) is 14.1. The molecule has 0 aromatic carbocycles. The van der Waals surface area contributed by atoms with Crippen LogP contribution in [0.5, 0.6) is 0 Å². The Kier molecular flexibility index (Phi) is 4.29. The van der Waals surface area contributed by atoms with Crippen LogP contribution in [-0.4, -0.2) is 55.3 Å². The maximum atomic E-state index is 5.46. The van der Waals surface area contributed by atoms with Gasteiger partial charge in [0.2, 0.25) is 0 Å². The molecule has 1 aromatic heterocycles. The third-order valence-electron chi connectivity index (χ3n) is 4.35. The van der Waals surface area contributed by atoms with E-state index in [2.05, 4.69) is 50.6 Å². The predicted molar refractivity (Wildman–Crippen MR) is 84.2 cm³/mol. The molecule has 0 bridgehead atoms. The normalized spacial score (nSPS) is 28.1. The molecule has 2 atom stereocenters. The number of hydrogen-bond donors (Lipinski definition) is 0. The van der Waals surface area contributed by atoms with Gasteiger partial charge in [-0.3, -0.25) is 4.90 Å². The van der Waals surface area contributed by atoms with Crippen molar-refractivity contribution in [3.05, 3.63) is 22.3 Å². The Hall–Kier alpha value is -0.650. The number of hydrogen-bond acceptors (Lipinski definition) is 4. The summed E-state index contributed by atoms with van der Waals surface area (Å²) in [7, 11) is 0. The smallest absolute Gasteiger partial charge is 0.142 e. The molecular formula is C15H22BrN3O. The van der Waals surface area contributed by atoms with E-state index in [1.807, 2.05) is 6.20 Å². The fraction of sp³-hybridized carbons (Fsp3) is 0.667. The average molecular weight is 340 g/mol. The average Bonchev–Trinajstić information content (AvgIpc) is 2.81. The monoisotopic (exact) mass is 339 g/mol. The highest BCUT2D eigenvalue weighted by atomic mass is 79.9. The summed E-state index contributed by atoms with van der Waals surface area (Å²) in [6.45, 7) is 10.4. The molecule has 5 heteroatoms. The second-order valence-corrected chi connectivity index (χ2v) is 6.77. The summed E-state index contributed by atoms with van der Waals surface area (Å²) in [6, 6.07) is 2.77. The Morgan fingerprint density at radius 2 is 2.05 bits per heavy atom. The summed E-state index contributed by atoms with van der Waals surface area (Å²) in [4.78, 5) is 9.60. The minimum Gasteiger partial charge on any atom is -0.379 e. The number of aromatic nitrogens is 1. The van der Waals surface area contributed by atoms with Crippen LogP contribution < -0.4 is 4.90 Å². The van der Waals surface area contributed by atoms with Gasteiger partial charge in [-0.1, -0.05) is 6.92 Å². The van der Waals surface area contributed by atoms with Gasteiger partial charge < -0.3 is 9.64 Å². The molecule has 0 amide bonds. The summed E-state index contributed by atoms with van der Waals surface area (Å²) in [5, 5.41) is 0. The molecule has 0 saturated carbocycles. The molecule has 0 N–H and O–H groups in total. The molecule has 3 rings (SSSR count). The van der Waals surface area contributed by atoms with Gasteiger partial charge in [-0.15, -0.1) is 0 Å². The number of morpholine rings is 1. The summed E-state index contributed by atoms with van der Waals surface area (Å²) in [5.74, 6) is 1.75. The number of anilines is 1. The lowest BCUT2D eigenvalue weighted by molar-refractivity contribution is 0.0134. The number of aryl methyl sites for hydroxylation is 1. The Morgan fingerprint density at radius 1 is 1.30 bits per heavy atom. The van der Waals surface area contributed by atoms with Crippen molar-refractivity contribution in [1.29, 1.82) is 0 Å². The van der Waals surface area contributed by atoms with Crippen molar-refractivity contribution in [3.63, 3.8) is 0 Å². The maximum Gasteiger partial charge on any atom is 0.142 e. The SMILES string of the molecule is Cc1cnc(N2C[C@@H](N3CCOCC3)[C@@H](C)C2)c(Br)c1. The molecule has 3 heterocycles. The predicted octanol–water partition coefficient (Wildman–Crippen LogP) is 2.31.